The zero-order valence-electron chi connectivity index (χ0n) is 29.6. The highest BCUT2D eigenvalue weighted by Crippen LogP contribution is 2.43. The van der Waals surface area contributed by atoms with E-state index in [0.29, 0.717) is 17.4 Å². The Balaban J connectivity index is 0.000000163. The number of carbonyl (C=O) groups is 1. The fourth-order valence-electron chi connectivity index (χ4n) is 8.00. The van der Waals surface area contributed by atoms with Gasteiger partial charge in [-0.2, -0.15) is 0 Å². The molecule has 1 saturated carbocycles. The van der Waals surface area contributed by atoms with Gasteiger partial charge in [0, 0.05) is 10.8 Å². The molecule has 7 aromatic carbocycles. The number of hydrogen-bond acceptors (Lipinski definition) is 7. The molecule has 268 valence electrons. The Kier molecular flexibility index (Phi) is 8.97. The lowest BCUT2D eigenvalue weighted by atomic mass is 9.85. The molecule has 1 aliphatic carbocycles. The van der Waals surface area contributed by atoms with E-state index in [4.69, 9.17) is 23.7 Å². The minimum Gasteiger partial charge on any atom is -0.507 e. The van der Waals surface area contributed by atoms with E-state index in [1.54, 1.807) is 6.07 Å². The van der Waals surface area contributed by atoms with Gasteiger partial charge in [-0.1, -0.05) is 116 Å². The van der Waals surface area contributed by atoms with E-state index in [-0.39, 0.29) is 25.5 Å². The highest BCUT2D eigenvalue weighted by Gasteiger charge is 2.34. The van der Waals surface area contributed by atoms with Crippen LogP contribution < -0.4 is 23.7 Å². The van der Waals surface area contributed by atoms with Crippen molar-refractivity contribution in [3.8, 4) is 56.8 Å². The van der Waals surface area contributed by atoms with Crippen molar-refractivity contribution in [3.63, 3.8) is 0 Å². The first-order valence-corrected chi connectivity index (χ1v) is 18.4. The molecule has 0 aromatic heterocycles. The third-order valence-electron chi connectivity index (χ3n) is 10.6. The van der Waals surface area contributed by atoms with E-state index >= 15 is 0 Å². The normalized spacial score (nSPS) is 14.8. The molecule has 1 atom stereocenters. The van der Waals surface area contributed by atoms with Crippen LogP contribution in [0.1, 0.15) is 37.2 Å². The van der Waals surface area contributed by atoms with Crippen molar-refractivity contribution >= 4 is 27.5 Å². The Morgan fingerprint density at radius 1 is 0.556 bits per heavy atom. The van der Waals surface area contributed by atoms with Crippen molar-refractivity contribution in [2.45, 2.75) is 31.6 Å². The molecule has 7 nitrogen and oxygen atoms in total. The molecule has 2 aliphatic heterocycles. The first-order chi connectivity index (χ1) is 26.6. The lowest BCUT2D eigenvalue weighted by Gasteiger charge is -2.23. The number of phenolic OH excluding ortho intramolecular Hbond substituents is 1. The van der Waals surface area contributed by atoms with Crippen LogP contribution in [0, 0.1) is 5.92 Å². The van der Waals surface area contributed by atoms with Crippen molar-refractivity contribution in [1.82, 2.24) is 0 Å². The van der Waals surface area contributed by atoms with Gasteiger partial charge in [-0.05, 0) is 93.7 Å². The standard InChI is InChI=1S/C30H26O4.C17H12O3/c31-30(29(21-10-4-5-11-21)20-8-2-1-3-9-20)34-26-17-15-23(24-12-6-7-13-25(24)26)22-14-16-27-28(18-22)33-19-32-27;18-15-7-6-12(13-3-1-2-4-14(13)15)11-5-8-16-17(9-11)20-10-19-16/h1-3,6-9,12-18,21,29H,4-5,10-11,19H2;1-9,18H,10H2. The Labute approximate surface area is 313 Å². The van der Waals surface area contributed by atoms with E-state index in [1.807, 2.05) is 127 Å². The summed E-state index contributed by atoms with van der Waals surface area (Å²) in [5, 5.41) is 13.8. The molecule has 0 amide bonds. The Bertz CT molecular complexity index is 2490. The number of rotatable bonds is 6. The summed E-state index contributed by atoms with van der Waals surface area (Å²) in [5.74, 6) is 3.87. The molecule has 3 aliphatic rings. The molecule has 54 heavy (non-hydrogen) atoms. The van der Waals surface area contributed by atoms with Gasteiger partial charge in [0.2, 0.25) is 13.6 Å². The zero-order valence-corrected chi connectivity index (χ0v) is 29.6. The first kappa shape index (κ1) is 33.4. The lowest BCUT2D eigenvalue weighted by molar-refractivity contribution is -0.137. The van der Waals surface area contributed by atoms with Crippen LogP contribution in [0.15, 0.2) is 140 Å². The number of aromatic hydroxyl groups is 1. The minimum atomic E-state index is -0.240. The van der Waals surface area contributed by atoms with Crippen LogP contribution in [0.2, 0.25) is 0 Å². The topological polar surface area (TPSA) is 83.5 Å². The number of phenols is 1. The van der Waals surface area contributed by atoms with E-state index in [9.17, 15) is 9.90 Å². The third-order valence-corrected chi connectivity index (χ3v) is 10.6. The number of hydrogen-bond donors (Lipinski definition) is 1. The highest BCUT2D eigenvalue weighted by molar-refractivity contribution is 6.02. The summed E-state index contributed by atoms with van der Waals surface area (Å²) in [6.07, 6.45) is 4.49. The van der Waals surface area contributed by atoms with Crippen LogP contribution in [0.25, 0.3) is 43.8 Å². The monoisotopic (exact) mass is 714 g/mol. The van der Waals surface area contributed by atoms with Gasteiger partial charge in [0.25, 0.3) is 0 Å². The molecule has 1 unspecified atom stereocenters. The molecule has 1 N–H and O–H groups in total. The number of benzene rings is 7. The summed E-state index contributed by atoms with van der Waals surface area (Å²) < 4.78 is 27.9. The second-order valence-electron chi connectivity index (χ2n) is 13.8. The number of esters is 1. The van der Waals surface area contributed by atoms with Gasteiger partial charge in [-0.25, -0.2) is 0 Å². The largest absolute Gasteiger partial charge is 0.507 e. The smallest absolute Gasteiger partial charge is 0.319 e. The van der Waals surface area contributed by atoms with Gasteiger partial charge in [0.05, 0.1) is 5.92 Å². The maximum Gasteiger partial charge on any atom is 0.319 e. The maximum atomic E-state index is 13.6. The second kappa shape index (κ2) is 14.5. The van der Waals surface area contributed by atoms with Crippen molar-refractivity contribution in [2.75, 3.05) is 13.6 Å². The van der Waals surface area contributed by atoms with E-state index in [0.717, 1.165) is 85.2 Å². The van der Waals surface area contributed by atoms with Crippen LogP contribution in [0.4, 0.5) is 0 Å². The Morgan fingerprint density at radius 3 is 1.70 bits per heavy atom. The lowest BCUT2D eigenvalue weighted by Crippen LogP contribution is -2.24. The fraction of sp³-hybridized carbons (Fsp3) is 0.170. The first-order valence-electron chi connectivity index (χ1n) is 18.4. The molecule has 2 heterocycles. The van der Waals surface area contributed by atoms with Crippen molar-refractivity contribution in [1.29, 1.82) is 0 Å². The molecule has 10 rings (SSSR count). The van der Waals surface area contributed by atoms with E-state index in [2.05, 4.69) is 6.07 Å². The molecule has 0 saturated heterocycles. The average molecular weight is 715 g/mol. The molecular formula is C47H38O7. The Morgan fingerprint density at radius 2 is 1.07 bits per heavy atom. The molecule has 0 radical (unpaired) electrons. The Hall–Kier alpha value is -6.47. The van der Waals surface area contributed by atoms with E-state index < -0.39 is 0 Å². The van der Waals surface area contributed by atoms with Crippen molar-refractivity contribution < 1.29 is 33.6 Å². The predicted molar refractivity (Wildman–Crippen MR) is 209 cm³/mol. The summed E-state index contributed by atoms with van der Waals surface area (Å²) in [6.45, 7) is 0.521. The number of fused-ring (bicyclic) bond motifs is 4. The molecule has 0 spiro atoms. The van der Waals surface area contributed by atoms with Gasteiger partial charge in [0.15, 0.2) is 23.0 Å². The summed E-state index contributed by atoms with van der Waals surface area (Å²) in [4.78, 5) is 13.6. The zero-order chi connectivity index (χ0) is 36.4. The van der Waals surface area contributed by atoms with Gasteiger partial charge >= 0.3 is 5.97 Å². The molecule has 0 bridgehead atoms. The number of ether oxygens (including phenoxy) is 5. The average Bonchev–Trinajstić information content (AvgIpc) is 4.02. The van der Waals surface area contributed by atoms with Crippen LogP contribution >= 0.6 is 0 Å². The summed E-state index contributed by atoms with van der Waals surface area (Å²) in [6, 6.07) is 45.4. The minimum absolute atomic E-state index is 0.168. The van der Waals surface area contributed by atoms with Gasteiger partial charge in [-0.3, -0.25) is 4.79 Å². The summed E-state index contributed by atoms with van der Waals surface area (Å²) >= 11 is 0. The quantitative estimate of drug-likeness (QED) is 0.136. The summed E-state index contributed by atoms with van der Waals surface area (Å²) in [7, 11) is 0. The predicted octanol–water partition coefficient (Wildman–Crippen LogP) is 11.1. The van der Waals surface area contributed by atoms with Crippen LogP contribution in [-0.2, 0) is 4.79 Å². The maximum absolute atomic E-state index is 13.6. The SMILES string of the molecule is O=C(Oc1ccc(-c2ccc3c(c2)OCO3)c2ccccc12)C(c1ccccc1)C1CCCC1.Oc1ccc(-c2ccc3c(c2)OCO3)c2ccccc12. The van der Waals surface area contributed by atoms with Crippen LogP contribution in [0.3, 0.4) is 0 Å². The van der Waals surface area contributed by atoms with Crippen molar-refractivity contribution in [2.24, 2.45) is 5.92 Å². The molecule has 7 aromatic rings. The third kappa shape index (κ3) is 6.43. The van der Waals surface area contributed by atoms with Gasteiger partial charge in [-0.15, -0.1) is 0 Å². The van der Waals surface area contributed by atoms with E-state index in [1.165, 1.54) is 12.8 Å². The molecule has 7 heteroatoms. The second-order valence-corrected chi connectivity index (χ2v) is 13.8. The molecule has 1 fully saturated rings. The summed E-state index contributed by atoms with van der Waals surface area (Å²) in [5.41, 5.74) is 5.25. The fourth-order valence-corrected chi connectivity index (χ4v) is 8.00. The number of carbonyl (C=O) groups excluding carboxylic acids is 1. The van der Waals surface area contributed by atoms with Crippen molar-refractivity contribution in [3.05, 3.63) is 145 Å². The molecular weight excluding hydrogens is 677 g/mol. The highest BCUT2D eigenvalue weighted by atomic mass is 16.7. The van der Waals surface area contributed by atoms with Crippen LogP contribution in [-0.4, -0.2) is 24.7 Å². The van der Waals surface area contributed by atoms with Gasteiger partial charge in [0.1, 0.15) is 11.5 Å². The van der Waals surface area contributed by atoms with Gasteiger partial charge < -0.3 is 28.8 Å². The van der Waals surface area contributed by atoms with Crippen LogP contribution in [0.5, 0.6) is 34.5 Å².